The number of nitrogens with zero attached hydrogens (tertiary/aromatic N) is 1. The summed E-state index contributed by atoms with van der Waals surface area (Å²) in [5.41, 5.74) is 6.63. The molecule has 1 fully saturated rings. The fourth-order valence-corrected chi connectivity index (χ4v) is 3.71. The number of aryl methyl sites for hydroxylation is 1. The Hall–Kier alpha value is -1.90. The zero-order valence-corrected chi connectivity index (χ0v) is 15.8. The fourth-order valence-electron chi connectivity index (χ4n) is 3.71. The van der Waals surface area contributed by atoms with Crippen molar-refractivity contribution in [2.75, 3.05) is 13.1 Å². The highest BCUT2D eigenvalue weighted by molar-refractivity contribution is 6.40. The van der Waals surface area contributed by atoms with Crippen molar-refractivity contribution in [3.05, 3.63) is 35.4 Å². The van der Waals surface area contributed by atoms with E-state index in [0.717, 1.165) is 5.56 Å². The quantitative estimate of drug-likeness (QED) is 0.400. The van der Waals surface area contributed by atoms with Gasteiger partial charge in [0.25, 0.3) is 5.91 Å². The standard InChI is InChI=1S/C19H29BN2O5/c1-14-4-6-15(7-5-14)17(23)22-12-8-16(9-13-22)19(21,18(24)25)10-2-3-11-20(26)27/h4-7,16,26-27H,2-3,8-13,21H2,1H3,(H,24,25). The van der Waals surface area contributed by atoms with E-state index in [0.29, 0.717) is 44.3 Å². The molecule has 1 atom stereocenters. The van der Waals surface area contributed by atoms with Crippen LogP contribution in [0, 0.1) is 12.8 Å². The Morgan fingerprint density at radius 2 is 1.78 bits per heavy atom. The van der Waals surface area contributed by atoms with Crippen LogP contribution in [0.5, 0.6) is 0 Å². The van der Waals surface area contributed by atoms with Gasteiger partial charge in [-0.15, -0.1) is 0 Å². The molecule has 27 heavy (non-hydrogen) atoms. The first-order valence-electron chi connectivity index (χ1n) is 9.48. The second-order valence-electron chi connectivity index (χ2n) is 7.50. The molecular weight excluding hydrogens is 347 g/mol. The van der Waals surface area contributed by atoms with Crippen LogP contribution in [0.1, 0.15) is 48.0 Å². The number of benzene rings is 1. The molecule has 148 valence electrons. The number of aliphatic carboxylic acids is 1. The summed E-state index contributed by atoms with van der Waals surface area (Å²) in [6, 6.07) is 7.42. The molecule has 2 rings (SSSR count). The summed E-state index contributed by atoms with van der Waals surface area (Å²) >= 11 is 0. The van der Waals surface area contributed by atoms with Crippen molar-refractivity contribution in [3.8, 4) is 0 Å². The highest BCUT2D eigenvalue weighted by atomic mass is 16.4. The molecule has 1 unspecified atom stereocenters. The average Bonchev–Trinajstić information content (AvgIpc) is 2.65. The Morgan fingerprint density at radius 1 is 1.19 bits per heavy atom. The fraction of sp³-hybridized carbons (Fsp3) is 0.579. The number of nitrogens with two attached hydrogens (primary N) is 1. The summed E-state index contributed by atoms with van der Waals surface area (Å²) in [5.74, 6) is -1.28. The third kappa shape index (κ3) is 5.54. The van der Waals surface area contributed by atoms with Gasteiger partial charge in [-0.1, -0.05) is 30.5 Å². The minimum absolute atomic E-state index is 0.0386. The Kier molecular flexibility index (Phi) is 7.41. The number of amides is 1. The predicted molar refractivity (Wildman–Crippen MR) is 103 cm³/mol. The van der Waals surface area contributed by atoms with Crippen LogP contribution in [-0.2, 0) is 4.79 Å². The smallest absolute Gasteiger partial charge is 0.451 e. The lowest BCUT2D eigenvalue weighted by atomic mass is 9.74. The lowest BCUT2D eigenvalue weighted by molar-refractivity contribution is -0.146. The Morgan fingerprint density at radius 3 is 2.30 bits per heavy atom. The van der Waals surface area contributed by atoms with E-state index >= 15 is 0 Å². The number of carboxylic acid groups (broad SMARTS) is 1. The van der Waals surface area contributed by atoms with Gasteiger partial charge in [0.1, 0.15) is 5.54 Å². The summed E-state index contributed by atoms with van der Waals surface area (Å²) in [7, 11) is -1.38. The van der Waals surface area contributed by atoms with E-state index in [2.05, 4.69) is 0 Å². The SMILES string of the molecule is Cc1ccc(C(=O)N2CCC(C(N)(CCCCB(O)O)C(=O)O)CC2)cc1. The van der Waals surface area contributed by atoms with E-state index in [1.165, 1.54) is 0 Å². The summed E-state index contributed by atoms with van der Waals surface area (Å²) in [4.78, 5) is 26.2. The van der Waals surface area contributed by atoms with E-state index in [-0.39, 0.29) is 24.6 Å². The zero-order chi connectivity index (χ0) is 20.0. The molecule has 5 N–H and O–H groups in total. The average molecular weight is 376 g/mol. The molecule has 1 heterocycles. The number of carboxylic acids is 1. The third-order valence-corrected chi connectivity index (χ3v) is 5.51. The van der Waals surface area contributed by atoms with E-state index in [1.54, 1.807) is 4.90 Å². The first-order chi connectivity index (χ1) is 12.7. The molecule has 0 radical (unpaired) electrons. The van der Waals surface area contributed by atoms with Crippen LogP contribution in [0.15, 0.2) is 24.3 Å². The lowest BCUT2D eigenvalue weighted by Crippen LogP contribution is -2.57. The third-order valence-electron chi connectivity index (χ3n) is 5.51. The summed E-state index contributed by atoms with van der Waals surface area (Å²) < 4.78 is 0. The van der Waals surface area contributed by atoms with Crippen molar-refractivity contribution >= 4 is 19.0 Å². The van der Waals surface area contributed by atoms with Gasteiger partial charge in [0.05, 0.1) is 0 Å². The molecule has 1 aromatic carbocycles. The van der Waals surface area contributed by atoms with Gasteiger partial charge in [-0.3, -0.25) is 9.59 Å². The van der Waals surface area contributed by atoms with Crippen LogP contribution in [0.2, 0.25) is 6.32 Å². The van der Waals surface area contributed by atoms with Crippen molar-refractivity contribution in [2.24, 2.45) is 11.7 Å². The zero-order valence-electron chi connectivity index (χ0n) is 15.8. The van der Waals surface area contributed by atoms with Gasteiger partial charge in [-0.2, -0.15) is 0 Å². The minimum Gasteiger partial charge on any atom is -0.480 e. The monoisotopic (exact) mass is 376 g/mol. The first kappa shape index (κ1) is 21.4. The Bertz CT molecular complexity index is 644. The molecule has 0 saturated carbocycles. The number of carbonyl (C=O) groups is 2. The Balaban J connectivity index is 1.93. The molecule has 0 bridgehead atoms. The maximum Gasteiger partial charge on any atom is 0.451 e. The molecule has 0 aliphatic carbocycles. The van der Waals surface area contributed by atoms with E-state index in [9.17, 15) is 14.7 Å². The van der Waals surface area contributed by atoms with Gasteiger partial charge < -0.3 is 25.8 Å². The molecule has 0 aromatic heterocycles. The summed E-state index contributed by atoms with van der Waals surface area (Å²) in [5, 5.41) is 27.5. The van der Waals surface area contributed by atoms with Crippen molar-refractivity contribution in [1.29, 1.82) is 0 Å². The van der Waals surface area contributed by atoms with Crippen LogP contribution in [0.25, 0.3) is 0 Å². The number of likely N-dealkylation sites (tertiary alicyclic amines) is 1. The van der Waals surface area contributed by atoms with Gasteiger partial charge in [0.2, 0.25) is 0 Å². The molecule has 0 spiro atoms. The molecule has 1 aromatic rings. The summed E-state index contributed by atoms with van der Waals surface area (Å²) in [6.45, 7) is 2.94. The van der Waals surface area contributed by atoms with Crippen LogP contribution in [-0.4, -0.2) is 57.7 Å². The van der Waals surface area contributed by atoms with Crippen molar-refractivity contribution in [3.63, 3.8) is 0 Å². The largest absolute Gasteiger partial charge is 0.480 e. The molecule has 1 amide bonds. The van der Waals surface area contributed by atoms with Gasteiger partial charge in [0.15, 0.2) is 0 Å². The highest BCUT2D eigenvalue weighted by Crippen LogP contribution is 2.32. The molecular formula is C19H29BN2O5. The maximum atomic E-state index is 12.6. The lowest BCUT2D eigenvalue weighted by Gasteiger charge is -2.40. The number of piperidine rings is 1. The highest BCUT2D eigenvalue weighted by Gasteiger charge is 2.43. The van der Waals surface area contributed by atoms with E-state index in [4.69, 9.17) is 15.8 Å². The van der Waals surface area contributed by atoms with Gasteiger partial charge in [0, 0.05) is 18.7 Å². The number of hydrogen-bond acceptors (Lipinski definition) is 5. The van der Waals surface area contributed by atoms with Gasteiger partial charge >= 0.3 is 13.1 Å². The van der Waals surface area contributed by atoms with E-state index in [1.807, 2.05) is 31.2 Å². The second-order valence-corrected chi connectivity index (χ2v) is 7.50. The summed E-state index contributed by atoms with van der Waals surface area (Å²) in [6.07, 6.45) is 2.61. The molecule has 8 heteroatoms. The predicted octanol–water partition coefficient (Wildman–Crippen LogP) is 1.27. The van der Waals surface area contributed by atoms with Crippen LogP contribution < -0.4 is 5.73 Å². The van der Waals surface area contributed by atoms with Gasteiger partial charge in [-0.25, -0.2) is 0 Å². The van der Waals surface area contributed by atoms with Crippen molar-refractivity contribution in [1.82, 2.24) is 4.90 Å². The van der Waals surface area contributed by atoms with Crippen molar-refractivity contribution in [2.45, 2.75) is 50.9 Å². The van der Waals surface area contributed by atoms with Gasteiger partial charge in [-0.05, 0) is 50.6 Å². The maximum absolute atomic E-state index is 12.6. The Labute approximate surface area is 160 Å². The number of unbranched alkanes of at least 4 members (excludes halogenated alkanes) is 1. The van der Waals surface area contributed by atoms with Crippen LogP contribution >= 0.6 is 0 Å². The van der Waals surface area contributed by atoms with Crippen molar-refractivity contribution < 1.29 is 24.7 Å². The number of carbonyl (C=O) groups excluding carboxylic acids is 1. The molecule has 1 aliphatic rings. The number of hydrogen-bond donors (Lipinski definition) is 4. The van der Waals surface area contributed by atoms with Crippen LogP contribution in [0.4, 0.5) is 0 Å². The topological polar surface area (TPSA) is 124 Å². The normalized spacial score (nSPS) is 17.4. The molecule has 7 nitrogen and oxygen atoms in total. The second kappa shape index (κ2) is 9.35. The molecule has 1 aliphatic heterocycles. The molecule has 1 saturated heterocycles. The van der Waals surface area contributed by atoms with E-state index < -0.39 is 18.6 Å². The number of rotatable bonds is 8. The minimum atomic E-state index is -1.38. The first-order valence-corrected chi connectivity index (χ1v) is 9.48. The van der Waals surface area contributed by atoms with Crippen LogP contribution in [0.3, 0.4) is 0 Å².